The number of rotatable bonds is 6. The van der Waals surface area contributed by atoms with E-state index in [9.17, 15) is 23.4 Å². The second-order valence-electron chi connectivity index (χ2n) is 8.46. The highest BCUT2D eigenvalue weighted by Gasteiger charge is 2.38. The van der Waals surface area contributed by atoms with Gasteiger partial charge in [-0.3, -0.25) is 0 Å². The Morgan fingerprint density at radius 2 is 2.09 bits per heavy atom. The van der Waals surface area contributed by atoms with E-state index in [1.54, 1.807) is 20.0 Å². The monoisotopic (exact) mass is 481 g/mol. The number of amides is 2. The van der Waals surface area contributed by atoms with E-state index in [4.69, 9.17) is 4.74 Å². The number of nitrogens with zero attached hydrogens (tertiary/aromatic N) is 2. The normalized spacial score (nSPS) is 21.8. The summed E-state index contributed by atoms with van der Waals surface area (Å²) in [5.74, 6) is 5.29. The number of aliphatic hydroxyl groups excluding tert-OH is 2. The van der Waals surface area contributed by atoms with Crippen molar-refractivity contribution in [2.24, 2.45) is 5.92 Å². The molecule has 0 fully saturated rings. The molecule has 0 radical (unpaired) electrons. The standard InChI is InChI=1S/C23H35N3O6S/c1-6-11-24-23(29)25(5)14-21-16(2)13-26(17(3)15-27)33(30,31)22-10-9-19(8-7-18(4)28)12-20(22)32-21/h9-10,12,16-18,21,27-28H,6,11,13-15H2,1-5H3,(H,24,29)/t16-,17-,18-,21-/m1/s1. The summed E-state index contributed by atoms with van der Waals surface area (Å²) in [6, 6.07) is 3.65. The van der Waals surface area contributed by atoms with Crippen molar-refractivity contribution < 1.29 is 28.2 Å². The smallest absolute Gasteiger partial charge is 0.317 e. The highest BCUT2D eigenvalue weighted by atomic mass is 32.2. The fraction of sp³-hybridized carbons (Fsp3) is 0.609. The summed E-state index contributed by atoms with van der Waals surface area (Å²) < 4.78 is 34.4. The molecule has 10 heteroatoms. The van der Waals surface area contributed by atoms with E-state index in [0.717, 1.165) is 6.42 Å². The molecule has 184 valence electrons. The Kier molecular flexibility index (Phi) is 9.55. The number of sulfonamides is 1. The van der Waals surface area contributed by atoms with E-state index in [1.165, 1.54) is 28.3 Å². The molecule has 1 heterocycles. The van der Waals surface area contributed by atoms with Crippen molar-refractivity contribution in [3.05, 3.63) is 23.8 Å². The molecule has 0 saturated heterocycles. The first-order valence-electron chi connectivity index (χ1n) is 11.1. The Labute approximate surface area is 196 Å². The van der Waals surface area contributed by atoms with Gasteiger partial charge in [-0.15, -0.1) is 0 Å². The average molecular weight is 482 g/mol. The van der Waals surface area contributed by atoms with Crippen LogP contribution in [0.1, 0.15) is 39.7 Å². The highest BCUT2D eigenvalue weighted by Crippen LogP contribution is 2.34. The molecule has 3 N–H and O–H groups in total. The van der Waals surface area contributed by atoms with Crippen LogP contribution in [0.2, 0.25) is 0 Å². The van der Waals surface area contributed by atoms with Gasteiger partial charge >= 0.3 is 6.03 Å². The lowest BCUT2D eigenvalue weighted by atomic mass is 10.0. The molecule has 9 nitrogen and oxygen atoms in total. The average Bonchev–Trinajstić information content (AvgIpc) is 2.77. The van der Waals surface area contributed by atoms with Crippen LogP contribution in [0.4, 0.5) is 4.79 Å². The van der Waals surface area contributed by atoms with Crippen molar-refractivity contribution in [3.63, 3.8) is 0 Å². The van der Waals surface area contributed by atoms with Gasteiger partial charge in [0.05, 0.1) is 13.2 Å². The molecule has 1 aliphatic heterocycles. The van der Waals surface area contributed by atoms with Gasteiger partial charge in [-0.1, -0.05) is 25.7 Å². The Balaban J connectivity index is 2.51. The maximum Gasteiger partial charge on any atom is 0.317 e. The summed E-state index contributed by atoms with van der Waals surface area (Å²) >= 11 is 0. The largest absolute Gasteiger partial charge is 0.487 e. The van der Waals surface area contributed by atoms with Crippen molar-refractivity contribution in [2.45, 2.75) is 57.3 Å². The van der Waals surface area contributed by atoms with Crippen LogP contribution in [0.25, 0.3) is 0 Å². The number of hydrogen-bond donors (Lipinski definition) is 3. The van der Waals surface area contributed by atoms with Crippen LogP contribution in [-0.2, 0) is 10.0 Å². The van der Waals surface area contributed by atoms with Crippen LogP contribution in [0, 0.1) is 17.8 Å². The molecule has 0 aromatic heterocycles. The summed E-state index contributed by atoms with van der Waals surface area (Å²) in [6.07, 6.45) is -0.531. The minimum Gasteiger partial charge on any atom is -0.487 e. The zero-order valence-corrected chi connectivity index (χ0v) is 20.7. The van der Waals surface area contributed by atoms with Crippen molar-refractivity contribution in [1.82, 2.24) is 14.5 Å². The molecule has 0 bridgehead atoms. The zero-order valence-electron chi connectivity index (χ0n) is 19.9. The number of urea groups is 1. The topological polar surface area (TPSA) is 119 Å². The first kappa shape index (κ1) is 26.9. The molecule has 1 aromatic rings. The number of carbonyl (C=O) groups excluding carboxylic acids is 1. The third-order valence-corrected chi connectivity index (χ3v) is 7.44. The summed E-state index contributed by atoms with van der Waals surface area (Å²) in [7, 11) is -2.29. The number of aliphatic hydroxyl groups is 2. The molecular weight excluding hydrogens is 446 g/mol. The maximum atomic E-state index is 13.4. The first-order valence-corrected chi connectivity index (χ1v) is 12.6. The van der Waals surface area contributed by atoms with E-state index < -0.39 is 28.3 Å². The zero-order chi connectivity index (χ0) is 24.8. The van der Waals surface area contributed by atoms with Gasteiger partial charge in [-0.25, -0.2) is 13.2 Å². The minimum atomic E-state index is -3.96. The van der Waals surface area contributed by atoms with E-state index in [-0.39, 0.29) is 42.3 Å². The van der Waals surface area contributed by atoms with E-state index in [0.29, 0.717) is 12.1 Å². The number of likely N-dealkylation sites (N-methyl/N-ethyl adjacent to an activating group) is 1. The molecule has 33 heavy (non-hydrogen) atoms. The predicted molar refractivity (Wildman–Crippen MR) is 125 cm³/mol. The number of benzene rings is 1. The van der Waals surface area contributed by atoms with E-state index in [2.05, 4.69) is 17.2 Å². The van der Waals surface area contributed by atoms with Crippen LogP contribution in [0.15, 0.2) is 23.1 Å². The quantitative estimate of drug-likeness (QED) is 0.526. The van der Waals surface area contributed by atoms with Gasteiger partial charge in [0.2, 0.25) is 10.0 Å². The van der Waals surface area contributed by atoms with Crippen LogP contribution >= 0.6 is 0 Å². The SMILES string of the molecule is CCCNC(=O)N(C)C[C@H]1Oc2cc(C#C[C@@H](C)O)ccc2S(=O)(=O)N([C@H](C)CO)C[C@H]1C. The van der Waals surface area contributed by atoms with Crippen LogP contribution in [0.3, 0.4) is 0 Å². The second-order valence-corrected chi connectivity index (χ2v) is 10.3. The van der Waals surface area contributed by atoms with Crippen molar-refractivity contribution >= 4 is 16.1 Å². The third-order valence-electron chi connectivity index (χ3n) is 5.42. The van der Waals surface area contributed by atoms with Crippen molar-refractivity contribution in [1.29, 1.82) is 0 Å². The van der Waals surface area contributed by atoms with Gasteiger partial charge in [0.1, 0.15) is 22.9 Å². The summed E-state index contributed by atoms with van der Waals surface area (Å²) in [4.78, 5) is 13.9. The lowest BCUT2D eigenvalue weighted by molar-refractivity contribution is 0.0812. The molecule has 0 unspecified atom stereocenters. The number of carbonyl (C=O) groups is 1. The molecule has 0 spiro atoms. The van der Waals surface area contributed by atoms with Gasteiger partial charge in [0.25, 0.3) is 0 Å². The summed E-state index contributed by atoms with van der Waals surface area (Å²) in [6.45, 7) is 7.59. The van der Waals surface area contributed by atoms with E-state index in [1.807, 2.05) is 13.8 Å². The Morgan fingerprint density at radius 1 is 1.39 bits per heavy atom. The fourth-order valence-electron chi connectivity index (χ4n) is 3.43. The van der Waals surface area contributed by atoms with Crippen LogP contribution < -0.4 is 10.1 Å². The Hall–Kier alpha value is -2.32. The molecule has 4 atom stereocenters. The number of hydrogen-bond acceptors (Lipinski definition) is 6. The van der Waals surface area contributed by atoms with Gasteiger partial charge in [-0.05, 0) is 38.5 Å². The van der Waals surface area contributed by atoms with Crippen molar-refractivity contribution in [3.8, 4) is 17.6 Å². The van der Waals surface area contributed by atoms with Gasteiger partial charge in [-0.2, -0.15) is 4.31 Å². The number of fused-ring (bicyclic) bond motifs is 1. The predicted octanol–water partition coefficient (Wildman–Crippen LogP) is 1.24. The molecule has 2 rings (SSSR count). The Morgan fingerprint density at radius 3 is 2.70 bits per heavy atom. The lowest BCUT2D eigenvalue weighted by Gasteiger charge is -2.37. The number of ether oxygens (including phenoxy) is 1. The van der Waals surface area contributed by atoms with Gasteiger partial charge < -0.3 is 25.2 Å². The van der Waals surface area contributed by atoms with E-state index >= 15 is 0 Å². The van der Waals surface area contributed by atoms with Gasteiger partial charge in [0.15, 0.2) is 0 Å². The lowest BCUT2D eigenvalue weighted by Crippen LogP contribution is -2.51. The summed E-state index contributed by atoms with van der Waals surface area (Å²) in [5.41, 5.74) is 0.493. The number of nitrogens with one attached hydrogen (secondary N) is 1. The van der Waals surface area contributed by atoms with Crippen LogP contribution in [0.5, 0.6) is 5.75 Å². The maximum absolute atomic E-state index is 13.4. The minimum absolute atomic E-state index is 0.0274. The molecular formula is C23H35N3O6S. The summed E-state index contributed by atoms with van der Waals surface area (Å²) in [5, 5.41) is 22.0. The van der Waals surface area contributed by atoms with Crippen molar-refractivity contribution in [2.75, 3.05) is 33.3 Å². The molecule has 0 aliphatic carbocycles. The second kappa shape index (κ2) is 11.7. The highest BCUT2D eigenvalue weighted by molar-refractivity contribution is 7.89. The molecule has 1 aromatic carbocycles. The van der Waals surface area contributed by atoms with Gasteiger partial charge in [0, 0.05) is 37.7 Å². The first-order chi connectivity index (χ1) is 15.5. The molecule has 0 saturated carbocycles. The fourth-order valence-corrected chi connectivity index (χ4v) is 5.25. The molecule has 2 amide bonds. The Bertz CT molecular complexity index is 986. The molecule has 1 aliphatic rings. The van der Waals surface area contributed by atoms with Crippen LogP contribution in [-0.4, -0.2) is 85.4 Å². The third kappa shape index (κ3) is 6.84.